The summed E-state index contributed by atoms with van der Waals surface area (Å²) < 4.78 is 0. The molecule has 1 heterocycles. The molecule has 0 N–H and O–H groups in total. The van der Waals surface area contributed by atoms with Crippen LogP contribution < -0.4 is 4.90 Å². The van der Waals surface area contributed by atoms with Gasteiger partial charge in [0.05, 0.1) is 17.5 Å². The zero-order chi connectivity index (χ0) is 19.9. The van der Waals surface area contributed by atoms with E-state index in [1.54, 1.807) is 24.3 Å². The summed E-state index contributed by atoms with van der Waals surface area (Å²) in [4.78, 5) is 27.5. The average molecular weight is 420 g/mol. The first-order valence-corrected chi connectivity index (χ1v) is 10.3. The molecule has 1 aliphatic heterocycles. The van der Waals surface area contributed by atoms with Gasteiger partial charge in [-0.3, -0.25) is 9.59 Å². The van der Waals surface area contributed by atoms with Gasteiger partial charge in [0.15, 0.2) is 0 Å². The summed E-state index contributed by atoms with van der Waals surface area (Å²) in [5.74, 6) is -1.82. The third-order valence-electron chi connectivity index (χ3n) is 6.58. The third-order valence-corrected chi connectivity index (χ3v) is 7.46. The highest BCUT2D eigenvalue weighted by molar-refractivity contribution is 6.34. The van der Waals surface area contributed by atoms with Crippen LogP contribution in [-0.4, -0.2) is 11.8 Å². The molecule has 0 unspecified atom stereocenters. The van der Waals surface area contributed by atoms with Crippen LogP contribution in [0.4, 0.5) is 5.69 Å². The fraction of sp³-hybridized carbons (Fsp3) is 0.167. The second-order valence-corrected chi connectivity index (χ2v) is 8.89. The number of hydrogen-bond acceptors (Lipinski definition) is 2. The van der Waals surface area contributed by atoms with Crippen LogP contribution in [0.25, 0.3) is 0 Å². The molecule has 4 aliphatic rings. The second-order valence-electron chi connectivity index (χ2n) is 7.86. The van der Waals surface area contributed by atoms with Crippen LogP contribution >= 0.6 is 23.2 Å². The lowest BCUT2D eigenvalue weighted by Gasteiger charge is -2.50. The number of hydrogen-bond donors (Lipinski definition) is 0. The summed E-state index contributed by atoms with van der Waals surface area (Å²) in [5.41, 5.74) is 4.43. The number of carbonyl (C=O) groups is 2. The molecule has 2 amide bonds. The first-order valence-electron chi connectivity index (χ1n) is 9.54. The van der Waals surface area contributed by atoms with Gasteiger partial charge in [-0.2, -0.15) is 0 Å². The molecular weight excluding hydrogens is 405 g/mol. The normalized spacial score (nSPS) is 28.9. The predicted octanol–water partition coefficient (Wildman–Crippen LogP) is 5.09. The van der Waals surface area contributed by atoms with Crippen LogP contribution in [-0.2, 0) is 14.5 Å². The fourth-order valence-corrected chi connectivity index (χ4v) is 6.31. The SMILES string of the molecule is O=C1[C@@H]2C3c4ccccc4C(Cl)(c4ccccc43)[C@@H]2C(=O)N1c1cccc(Cl)c1. The van der Waals surface area contributed by atoms with Gasteiger partial charge in [-0.15, -0.1) is 11.6 Å². The lowest BCUT2D eigenvalue weighted by atomic mass is 9.54. The molecule has 1 fully saturated rings. The van der Waals surface area contributed by atoms with Crippen molar-refractivity contribution in [2.75, 3.05) is 4.90 Å². The Morgan fingerprint density at radius 1 is 0.793 bits per heavy atom. The molecule has 0 radical (unpaired) electrons. The van der Waals surface area contributed by atoms with E-state index in [-0.39, 0.29) is 17.7 Å². The van der Waals surface area contributed by atoms with Gasteiger partial charge in [0.2, 0.25) is 11.8 Å². The molecule has 2 atom stereocenters. The number of carbonyl (C=O) groups excluding carboxylic acids is 2. The van der Waals surface area contributed by atoms with Crippen molar-refractivity contribution in [3.05, 3.63) is 100 Å². The number of alkyl halides is 1. The molecule has 3 aromatic rings. The first kappa shape index (κ1) is 17.3. The number of halogens is 2. The lowest BCUT2D eigenvalue weighted by Crippen LogP contribution is -2.50. The standard InChI is InChI=1S/C24H15Cl2NO2/c25-13-6-5-7-14(12-13)27-22(28)20-19-15-8-1-3-10-17(15)24(26,21(20)23(27)29)18-11-4-2-9-16(18)19/h1-12,19-21H/t19?,20-,21+,24?/m1/s1. The van der Waals surface area contributed by atoms with E-state index < -0.39 is 16.7 Å². The number of anilines is 1. The van der Waals surface area contributed by atoms with Crippen molar-refractivity contribution in [1.82, 2.24) is 0 Å². The molecule has 142 valence electrons. The minimum absolute atomic E-state index is 0.186. The summed E-state index contributed by atoms with van der Waals surface area (Å²) in [6, 6.07) is 22.7. The van der Waals surface area contributed by atoms with Crippen LogP contribution in [0.5, 0.6) is 0 Å². The summed E-state index contributed by atoms with van der Waals surface area (Å²) in [6.07, 6.45) is 0. The molecule has 3 aromatic carbocycles. The molecule has 0 aromatic heterocycles. The van der Waals surface area contributed by atoms with Crippen LogP contribution in [0.3, 0.4) is 0 Å². The van der Waals surface area contributed by atoms with Gasteiger partial charge >= 0.3 is 0 Å². The summed E-state index contributed by atoms with van der Waals surface area (Å²) in [5, 5.41) is 0.480. The Labute approximate surface area is 177 Å². The van der Waals surface area contributed by atoms with E-state index >= 15 is 0 Å². The predicted molar refractivity (Wildman–Crippen MR) is 112 cm³/mol. The van der Waals surface area contributed by atoms with Gasteiger partial charge in [-0.05, 0) is 40.5 Å². The van der Waals surface area contributed by atoms with E-state index in [1.165, 1.54) is 4.90 Å². The molecule has 3 aliphatic carbocycles. The zero-order valence-corrected chi connectivity index (χ0v) is 16.7. The van der Waals surface area contributed by atoms with Crippen molar-refractivity contribution in [1.29, 1.82) is 0 Å². The quantitative estimate of drug-likeness (QED) is 0.407. The van der Waals surface area contributed by atoms with Crippen LogP contribution in [0.2, 0.25) is 5.02 Å². The number of rotatable bonds is 1. The molecule has 7 rings (SSSR count). The monoisotopic (exact) mass is 419 g/mol. The largest absolute Gasteiger partial charge is 0.274 e. The Morgan fingerprint density at radius 2 is 1.41 bits per heavy atom. The van der Waals surface area contributed by atoms with Gasteiger partial charge in [-0.1, -0.05) is 66.2 Å². The van der Waals surface area contributed by atoms with Crippen molar-refractivity contribution >= 4 is 40.7 Å². The molecule has 29 heavy (non-hydrogen) atoms. The average Bonchev–Trinajstić information content (AvgIpc) is 3.00. The lowest BCUT2D eigenvalue weighted by molar-refractivity contribution is -0.122. The molecule has 5 heteroatoms. The number of nitrogens with zero attached hydrogens (tertiary/aromatic N) is 1. The van der Waals surface area contributed by atoms with Crippen molar-refractivity contribution in [2.24, 2.45) is 11.8 Å². The smallest absolute Gasteiger partial charge is 0.240 e. The van der Waals surface area contributed by atoms with Gasteiger partial charge in [-0.25, -0.2) is 4.90 Å². The molecule has 1 saturated heterocycles. The second kappa shape index (κ2) is 5.71. The third kappa shape index (κ3) is 2.00. The van der Waals surface area contributed by atoms with Crippen LogP contribution in [0, 0.1) is 11.8 Å². The van der Waals surface area contributed by atoms with E-state index in [1.807, 2.05) is 48.5 Å². The Hall–Kier alpha value is -2.62. The Balaban J connectivity index is 1.63. The van der Waals surface area contributed by atoms with Crippen LogP contribution in [0.15, 0.2) is 72.8 Å². The zero-order valence-electron chi connectivity index (χ0n) is 15.2. The molecule has 0 spiro atoms. The maximum atomic E-state index is 13.7. The van der Waals surface area contributed by atoms with Crippen molar-refractivity contribution in [2.45, 2.75) is 10.8 Å². The molecule has 0 saturated carbocycles. The topological polar surface area (TPSA) is 37.4 Å². The fourth-order valence-electron chi connectivity index (χ4n) is 5.55. The van der Waals surface area contributed by atoms with Crippen molar-refractivity contribution < 1.29 is 9.59 Å². The summed E-state index contributed by atoms with van der Waals surface area (Å²) in [6.45, 7) is 0. The Morgan fingerprint density at radius 3 is 2.03 bits per heavy atom. The number of imide groups is 1. The molecule has 2 bridgehead atoms. The molecular formula is C24H15Cl2NO2. The van der Waals surface area contributed by atoms with Gasteiger partial charge in [0, 0.05) is 10.9 Å². The van der Waals surface area contributed by atoms with E-state index in [4.69, 9.17) is 23.2 Å². The maximum absolute atomic E-state index is 13.7. The minimum Gasteiger partial charge on any atom is -0.274 e. The van der Waals surface area contributed by atoms with E-state index in [2.05, 4.69) is 0 Å². The Kier molecular flexibility index (Phi) is 3.40. The van der Waals surface area contributed by atoms with Gasteiger partial charge < -0.3 is 0 Å². The highest BCUT2D eigenvalue weighted by Gasteiger charge is 2.67. The van der Waals surface area contributed by atoms with E-state index in [9.17, 15) is 9.59 Å². The summed E-state index contributed by atoms with van der Waals surface area (Å²) in [7, 11) is 0. The molecule has 3 nitrogen and oxygen atoms in total. The van der Waals surface area contributed by atoms with E-state index in [0.29, 0.717) is 10.7 Å². The number of benzene rings is 3. The van der Waals surface area contributed by atoms with Crippen molar-refractivity contribution in [3.8, 4) is 0 Å². The summed E-state index contributed by atoms with van der Waals surface area (Å²) >= 11 is 13.5. The highest BCUT2D eigenvalue weighted by Crippen LogP contribution is 2.65. The van der Waals surface area contributed by atoms with Crippen molar-refractivity contribution in [3.63, 3.8) is 0 Å². The first-order chi connectivity index (χ1) is 14.0. The minimum atomic E-state index is -1.06. The van der Waals surface area contributed by atoms with E-state index in [0.717, 1.165) is 22.3 Å². The van der Waals surface area contributed by atoms with Gasteiger partial charge in [0.1, 0.15) is 4.87 Å². The highest BCUT2D eigenvalue weighted by atomic mass is 35.5. The maximum Gasteiger partial charge on any atom is 0.240 e. The van der Waals surface area contributed by atoms with Gasteiger partial charge in [0.25, 0.3) is 0 Å². The Bertz CT molecular complexity index is 1170. The van der Waals surface area contributed by atoms with Crippen LogP contribution in [0.1, 0.15) is 28.2 Å². The number of amides is 2.